The van der Waals surface area contributed by atoms with Crippen LogP contribution in [0.4, 0.5) is 19.2 Å². The van der Waals surface area contributed by atoms with Crippen LogP contribution in [0.1, 0.15) is 137 Å². The minimum Gasteiger partial charge on any atom is -0.480 e. The molecule has 0 saturated carbocycles. The van der Waals surface area contributed by atoms with Crippen molar-refractivity contribution in [2.75, 3.05) is 52.5 Å². The summed E-state index contributed by atoms with van der Waals surface area (Å²) in [4.78, 5) is 153. The number of urea groups is 2. The fourth-order valence-corrected chi connectivity index (χ4v) is 7.70. The number of nitrogens with zero attached hydrogens (tertiary/aromatic N) is 4. The number of hydrogen-bond donors (Lipinski definition) is 9. The molecule has 2 aliphatic rings. The Bertz CT molecular complexity index is 2250. The van der Waals surface area contributed by atoms with Gasteiger partial charge in [-0.05, 0) is 80.1 Å². The predicted octanol–water partition coefficient (Wildman–Crippen LogP) is 2.54. The highest BCUT2D eigenvalue weighted by atomic mass is 16.6. The number of carbonyl (C=O) groups excluding carboxylic acids is 11. The van der Waals surface area contributed by atoms with E-state index in [-0.39, 0.29) is 54.1 Å². The number of carboxylic acid groups (broad SMARTS) is 1. The molecular weight excluding hydrogens is 1120 g/mol. The molecule has 0 aromatic carbocycles. The van der Waals surface area contributed by atoms with Crippen molar-refractivity contribution in [2.24, 2.45) is 17.6 Å². The molecule has 11 amide bonds. The summed E-state index contributed by atoms with van der Waals surface area (Å²) in [6.07, 6.45) is 0.695. The second-order valence-electron chi connectivity index (χ2n) is 21.8. The summed E-state index contributed by atoms with van der Waals surface area (Å²) in [7, 11) is 0. The van der Waals surface area contributed by atoms with E-state index in [2.05, 4.69) is 39.7 Å². The van der Waals surface area contributed by atoms with Gasteiger partial charge in [0.05, 0.1) is 32.3 Å². The van der Waals surface area contributed by atoms with Crippen molar-refractivity contribution in [1.82, 2.24) is 46.2 Å². The van der Waals surface area contributed by atoms with Crippen LogP contribution in [0.5, 0.6) is 0 Å². The Morgan fingerprint density at radius 3 is 1.32 bits per heavy atom. The van der Waals surface area contributed by atoms with E-state index in [4.69, 9.17) is 24.7 Å². The van der Waals surface area contributed by atoms with Crippen molar-refractivity contribution in [1.29, 1.82) is 0 Å². The van der Waals surface area contributed by atoms with Crippen LogP contribution in [-0.2, 0) is 57.3 Å². The number of nitrogens with one attached hydrogen (secondary N) is 5. The lowest BCUT2D eigenvalue weighted by molar-refractivity contribution is -0.147. The van der Waals surface area contributed by atoms with Crippen LogP contribution in [0, 0.1) is 11.8 Å². The minimum atomic E-state index is -1.62. The number of esters is 2. The molecule has 2 aliphatic heterocycles. The molecule has 0 aromatic rings. The molecule has 29 nitrogen and oxygen atoms in total. The molecule has 8 atom stereocenters. The van der Waals surface area contributed by atoms with Crippen molar-refractivity contribution in [3.8, 4) is 0 Å². The van der Waals surface area contributed by atoms with Crippen LogP contribution in [0.2, 0.25) is 0 Å². The van der Waals surface area contributed by atoms with Crippen LogP contribution in [0.25, 0.3) is 0 Å². The number of alkyl carbamates (subject to hydrolysis) is 2. The molecule has 10 N–H and O–H groups in total. The molecule has 2 rings (SSSR count). The summed E-state index contributed by atoms with van der Waals surface area (Å²) < 4.78 is 20.1. The number of amides is 11. The van der Waals surface area contributed by atoms with Gasteiger partial charge < -0.3 is 76.4 Å². The highest BCUT2D eigenvalue weighted by Gasteiger charge is 2.50. The summed E-state index contributed by atoms with van der Waals surface area (Å²) in [6.45, 7) is 29.2. The molecule has 0 bridgehead atoms. The normalized spacial score (nSPS) is 16.7. The Kier molecular flexibility index (Phi) is 37.8. The van der Waals surface area contributed by atoms with Crippen molar-refractivity contribution in [2.45, 2.75) is 197 Å². The van der Waals surface area contributed by atoms with Gasteiger partial charge in [-0.3, -0.25) is 33.6 Å². The van der Waals surface area contributed by atoms with E-state index < -0.39 is 156 Å². The van der Waals surface area contributed by atoms with Gasteiger partial charge in [-0.1, -0.05) is 81.4 Å². The molecule has 2 heterocycles. The van der Waals surface area contributed by atoms with E-state index >= 15 is 0 Å². The molecule has 0 aromatic heterocycles. The van der Waals surface area contributed by atoms with E-state index in [9.17, 15) is 72.9 Å². The first kappa shape index (κ1) is 81.8. The number of aliphatic hydroxyl groups excluding tert-OH is 2. The van der Waals surface area contributed by atoms with Gasteiger partial charge in [0.15, 0.2) is 12.1 Å². The van der Waals surface area contributed by atoms with E-state index in [0.29, 0.717) is 29.2 Å². The first-order valence-corrected chi connectivity index (χ1v) is 27.4. The van der Waals surface area contributed by atoms with Gasteiger partial charge in [0, 0.05) is 19.1 Å². The molecule has 2 fully saturated rings. The molecule has 85 heavy (non-hydrogen) atoms. The molecule has 488 valence electrons. The van der Waals surface area contributed by atoms with Gasteiger partial charge in [-0.2, -0.15) is 0 Å². The number of aliphatic carboxylic acids is 1. The van der Waals surface area contributed by atoms with E-state index in [1.807, 2.05) is 6.92 Å². The zero-order valence-electron chi connectivity index (χ0n) is 50.6. The molecule has 0 aliphatic carbocycles. The van der Waals surface area contributed by atoms with E-state index in [1.165, 1.54) is 6.08 Å². The molecule has 0 spiro atoms. The van der Waals surface area contributed by atoms with Crippen molar-refractivity contribution < 1.29 is 91.8 Å². The third-order valence-corrected chi connectivity index (χ3v) is 11.6. The molecular formula is C56H100N10O19. The standard InChI is InChI=1S/C27H45N5O9.C18H29N3O8.C9H18N2O2.2CH4/c1-9-12-17(21(34)23(36)28-13-10-2)29-22(35)18-14-31(15-19(33)40-11-3)26(39)32(18)24(37)20(16(4)5)30-25(38)41-27(6,7)8;1-7-28-12(22)9-20-8-11(15(24)25)21(17(20)27)14(23)13(10(2)3)19-16(26)29-18(4,5)6;1-3-5-7(10)8(12)9(13)11-6-4-2;;/h10,16-18,20-21,34H,2,9,11-15H2,1,3-8H3,(H,28,36)(H,29,35)(H,30,38);10-11,13H,7-9H2,1-6H3,(H,19,26)(H,24,25);4,7-8,12H,2-3,5-6,10H2,1H3,(H,11,13);2*1H4. The third kappa shape index (κ3) is 28.4. The van der Waals surface area contributed by atoms with Gasteiger partial charge in [0.2, 0.25) is 5.91 Å². The van der Waals surface area contributed by atoms with Gasteiger partial charge in [0.25, 0.3) is 23.6 Å². The SMILES string of the molecule is C.C.C=CCNC(=O)C(O)C(CCC)NC(=O)C1CN(CC(=O)OCC)C(=O)N1C(=O)C(NC(=O)OC(C)(C)C)C(C)C.C=CCNC(=O)C(O)C(N)CCC.CCOC(=O)CN1CC(C(=O)O)N(C(=O)C(NC(=O)OC(C)(C)C)C(C)C)C1=O. The zero-order valence-corrected chi connectivity index (χ0v) is 50.6. The maximum atomic E-state index is 13.7. The molecule has 29 heteroatoms. The van der Waals surface area contributed by atoms with E-state index in [0.717, 1.165) is 16.2 Å². The molecule has 2 saturated heterocycles. The summed E-state index contributed by atoms with van der Waals surface area (Å²) in [6, 6.07) is -8.77. The summed E-state index contributed by atoms with van der Waals surface area (Å²) in [5.74, 6) is -7.61. The van der Waals surface area contributed by atoms with Crippen LogP contribution in [0.15, 0.2) is 25.3 Å². The van der Waals surface area contributed by atoms with Gasteiger partial charge in [-0.25, -0.2) is 33.8 Å². The predicted molar refractivity (Wildman–Crippen MR) is 314 cm³/mol. The van der Waals surface area contributed by atoms with Crippen molar-refractivity contribution in [3.05, 3.63) is 25.3 Å². The topological polar surface area (TPSA) is 402 Å². The van der Waals surface area contributed by atoms with E-state index in [1.54, 1.807) is 96.1 Å². The van der Waals surface area contributed by atoms with Crippen molar-refractivity contribution in [3.63, 3.8) is 0 Å². The highest BCUT2D eigenvalue weighted by molar-refractivity contribution is 6.06. The Labute approximate surface area is 500 Å². The maximum absolute atomic E-state index is 13.7. The quantitative estimate of drug-likeness (QED) is 0.0324. The summed E-state index contributed by atoms with van der Waals surface area (Å²) in [5.41, 5.74) is 3.90. The first-order valence-electron chi connectivity index (χ1n) is 27.4. The molecule has 0 radical (unpaired) electrons. The number of hydrogen-bond acceptors (Lipinski definition) is 19. The van der Waals surface area contributed by atoms with Crippen LogP contribution in [-0.4, -0.2) is 219 Å². The molecule has 8 unspecified atom stereocenters. The number of carbonyl (C=O) groups is 12. The highest BCUT2D eigenvalue weighted by Crippen LogP contribution is 2.23. The van der Waals surface area contributed by atoms with Gasteiger partial charge in [0.1, 0.15) is 48.5 Å². The number of rotatable bonds is 27. The lowest BCUT2D eigenvalue weighted by atomic mass is 10.0. The number of imide groups is 2. The fourth-order valence-electron chi connectivity index (χ4n) is 7.70. The largest absolute Gasteiger partial charge is 0.480 e. The Balaban J connectivity index is -0.00000133. The second-order valence-corrected chi connectivity index (χ2v) is 21.8. The van der Waals surface area contributed by atoms with Gasteiger partial charge >= 0.3 is 42.2 Å². The van der Waals surface area contributed by atoms with Gasteiger partial charge in [-0.15, -0.1) is 13.2 Å². The Morgan fingerprint density at radius 1 is 0.624 bits per heavy atom. The summed E-state index contributed by atoms with van der Waals surface area (Å²) in [5, 5.41) is 41.8. The van der Waals surface area contributed by atoms with Crippen LogP contribution in [0.3, 0.4) is 0 Å². The van der Waals surface area contributed by atoms with Crippen molar-refractivity contribution >= 4 is 71.7 Å². The lowest BCUT2D eigenvalue weighted by Crippen LogP contribution is -2.59. The number of aliphatic hydroxyl groups is 2. The number of nitrogens with two attached hydrogens (primary N) is 1. The van der Waals surface area contributed by atoms with Crippen LogP contribution < -0.4 is 32.3 Å². The smallest absolute Gasteiger partial charge is 0.408 e. The Morgan fingerprint density at radius 2 is 0.988 bits per heavy atom. The van der Waals surface area contributed by atoms with Crippen LogP contribution >= 0.6 is 0 Å². The lowest BCUT2D eigenvalue weighted by Gasteiger charge is -2.30. The average molecular weight is 1220 g/mol. The first-order chi connectivity index (χ1) is 38.5. The number of carboxylic acids is 1. The third-order valence-electron chi connectivity index (χ3n) is 11.6. The number of ether oxygens (including phenoxy) is 4. The minimum absolute atomic E-state index is 0. The maximum Gasteiger partial charge on any atom is 0.408 e. The average Bonchev–Trinajstić information content (AvgIpc) is 3.41. The Hall–Kier alpha value is -7.40. The summed E-state index contributed by atoms with van der Waals surface area (Å²) >= 11 is 0. The monoisotopic (exact) mass is 1220 g/mol. The fraction of sp³-hybridized carbons (Fsp3) is 0.714. The second kappa shape index (κ2) is 39.3. The zero-order chi connectivity index (χ0) is 64.3.